The molecule has 0 aliphatic rings. The van der Waals surface area contributed by atoms with Crippen molar-refractivity contribution in [2.75, 3.05) is 35.6 Å². The summed E-state index contributed by atoms with van der Waals surface area (Å²) >= 11 is 9.41. The molecule has 2 amide bonds. The highest BCUT2D eigenvalue weighted by Gasteiger charge is 2.09. The van der Waals surface area contributed by atoms with Gasteiger partial charge < -0.3 is 26.8 Å². The molecule has 2 aromatic carbocycles. The molecule has 25 heavy (non-hydrogen) atoms. The highest BCUT2D eigenvalue weighted by molar-refractivity contribution is 9.10. The van der Waals surface area contributed by atoms with Gasteiger partial charge in [0.25, 0.3) is 0 Å². The van der Waals surface area contributed by atoms with Crippen LogP contribution in [0.2, 0.25) is 5.02 Å². The Kier molecular flexibility index (Phi) is 7.52. The Bertz CT molecular complexity index is 743. The van der Waals surface area contributed by atoms with E-state index in [1.807, 2.05) is 12.1 Å². The van der Waals surface area contributed by atoms with Crippen molar-refractivity contribution in [1.82, 2.24) is 0 Å². The molecule has 8 heteroatoms. The van der Waals surface area contributed by atoms with Crippen LogP contribution in [-0.4, -0.2) is 30.8 Å². The van der Waals surface area contributed by atoms with Crippen molar-refractivity contribution in [3.05, 3.63) is 51.5 Å². The van der Waals surface area contributed by atoms with Crippen LogP contribution in [0.15, 0.2) is 40.9 Å². The summed E-state index contributed by atoms with van der Waals surface area (Å²) in [5.74, 6) is 0. The molecule has 0 heterocycles. The zero-order chi connectivity index (χ0) is 18.2. The van der Waals surface area contributed by atoms with Gasteiger partial charge in [0.05, 0.1) is 0 Å². The number of urea groups is 1. The first-order chi connectivity index (χ1) is 12.0. The molecule has 0 atom stereocenters. The largest absolute Gasteiger partial charge is 0.396 e. The summed E-state index contributed by atoms with van der Waals surface area (Å²) in [4.78, 5) is 12.3. The third-order valence-electron chi connectivity index (χ3n) is 3.33. The molecule has 0 spiro atoms. The molecule has 6 N–H and O–H groups in total. The molecule has 6 nitrogen and oxygen atoms in total. The van der Waals surface area contributed by atoms with Gasteiger partial charge in [-0.15, -0.1) is 0 Å². The van der Waals surface area contributed by atoms with Crippen LogP contribution in [-0.2, 0) is 6.42 Å². The summed E-state index contributed by atoms with van der Waals surface area (Å²) in [5.41, 5.74) is 8.33. The molecule has 0 saturated carbocycles. The standard InChI is InChI=1S/C17H20BrClN4O2/c18-12-7-14(21-5-4-20)10-15(8-12)22-17(25)23-16-9-13(19)2-1-11(16)3-6-24/h1-2,7-10,21,24H,3-6,20H2,(H2,22,23,25). The minimum Gasteiger partial charge on any atom is -0.396 e. The zero-order valence-electron chi connectivity index (χ0n) is 13.5. The summed E-state index contributed by atoms with van der Waals surface area (Å²) in [6.07, 6.45) is 0.427. The fourth-order valence-corrected chi connectivity index (χ4v) is 2.93. The predicted molar refractivity (Wildman–Crippen MR) is 107 cm³/mol. The average Bonchev–Trinajstić information content (AvgIpc) is 2.55. The van der Waals surface area contributed by atoms with Gasteiger partial charge in [0.15, 0.2) is 0 Å². The fourth-order valence-electron chi connectivity index (χ4n) is 2.27. The van der Waals surface area contributed by atoms with Crippen molar-refractivity contribution in [3.8, 4) is 0 Å². The number of amides is 2. The second kappa shape index (κ2) is 9.62. The van der Waals surface area contributed by atoms with Gasteiger partial charge in [-0.3, -0.25) is 0 Å². The maximum atomic E-state index is 12.3. The van der Waals surface area contributed by atoms with E-state index < -0.39 is 6.03 Å². The molecular weight excluding hydrogens is 408 g/mol. The number of nitrogens with two attached hydrogens (primary N) is 1. The van der Waals surface area contributed by atoms with Gasteiger partial charge in [-0.05, 0) is 42.3 Å². The lowest BCUT2D eigenvalue weighted by Crippen LogP contribution is -2.20. The summed E-state index contributed by atoms with van der Waals surface area (Å²) in [5, 5.41) is 18.3. The Morgan fingerprint density at radius 3 is 2.64 bits per heavy atom. The average molecular weight is 428 g/mol. The van der Waals surface area contributed by atoms with E-state index in [-0.39, 0.29) is 6.61 Å². The summed E-state index contributed by atoms with van der Waals surface area (Å²) in [6.45, 7) is 1.13. The number of halogens is 2. The number of aliphatic hydroxyl groups is 1. The van der Waals surface area contributed by atoms with E-state index >= 15 is 0 Å². The molecule has 134 valence electrons. The van der Waals surface area contributed by atoms with E-state index in [1.165, 1.54) is 0 Å². The van der Waals surface area contributed by atoms with Crippen LogP contribution in [0.25, 0.3) is 0 Å². The Hall–Kier alpha value is -1.80. The quantitative estimate of drug-likeness (QED) is 0.466. The molecule has 0 aliphatic heterocycles. The van der Waals surface area contributed by atoms with Crippen molar-refractivity contribution < 1.29 is 9.90 Å². The normalized spacial score (nSPS) is 10.4. The van der Waals surface area contributed by atoms with Gasteiger partial charge in [-0.1, -0.05) is 33.6 Å². The second-order valence-corrected chi connectivity index (χ2v) is 6.65. The summed E-state index contributed by atoms with van der Waals surface area (Å²) in [7, 11) is 0. The van der Waals surface area contributed by atoms with Crippen LogP contribution >= 0.6 is 27.5 Å². The van der Waals surface area contributed by atoms with Crippen molar-refractivity contribution in [2.45, 2.75) is 6.42 Å². The van der Waals surface area contributed by atoms with Gasteiger partial charge in [0.2, 0.25) is 0 Å². The van der Waals surface area contributed by atoms with Gasteiger partial charge in [0.1, 0.15) is 0 Å². The zero-order valence-corrected chi connectivity index (χ0v) is 15.8. The van der Waals surface area contributed by atoms with Crippen molar-refractivity contribution in [1.29, 1.82) is 0 Å². The van der Waals surface area contributed by atoms with E-state index in [4.69, 9.17) is 22.4 Å². The van der Waals surface area contributed by atoms with Crippen LogP contribution in [0.5, 0.6) is 0 Å². The van der Waals surface area contributed by atoms with Crippen LogP contribution in [0.3, 0.4) is 0 Å². The molecule has 0 aliphatic carbocycles. The lowest BCUT2D eigenvalue weighted by Gasteiger charge is -2.13. The maximum Gasteiger partial charge on any atom is 0.323 e. The van der Waals surface area contributed by atoms with E-state index in [0.717, 1.165) is 15.7 Å². The number of carbonyl (C=O) groups excluding carboxylic acids is 1. The monoisotopic (exact) mass is 426 g/mol. The summed E-state index contributed by atoms with van der Waals surface area (Å²) < 4.78 is 0.827. The first kappa shape index (κ1) is 19.5. The first-order valence-electron chi connectivity index (χ1n) is 7.73. The third-order valence-corrected chi connectivity index (χ3v) is 4.02. The van der Waals surface area contributed by atoms with E-state index in [2.05, 4.69) is 31.9 Å². The highest BCUT2D eigenvalue weighted by Crippen LogP contribution is 2.24. The number of rotatable bonds is 7. The number of nitrogens with one attached hydrogen (secondary N) is 3. The molecule has 0 saturated heterocycles. The maximum absolute atomic E-state index is 12.3. The van der Waals surface area contributed by atoms with E-state index in [0.29, 0.717) is 35.9 Å². The number of carbonyl (C=O) groups is 1. The first-order valence-corrected chi connectivity index (χ1v) is 8.90. The van der Waals surface area contributed by atoms with Gasteiger partial charge in [-0.25, -0.2) is 4.79 Å². The Morgan fingerprint density at radius 1 is 1.16 bits per heavy atom. The fraction of sp³-hybridized carbons (Fsp3) is 0.235. The minimum atomic E-state index is -0.399. The number of benzene rings is 2. The number of anilines is 3. The Balaban J connectivity index is 2.10. The summed E-state index contributed by atoms with van der Waals surface area (Å²) in [6, 6.07) is 10.3. The second-order valence-electron chi connectivity index (χ2n) is 5.30. The number of hydrogen-bond donors (Lipinski definition) is 5. The molecule has 2 aromatic rings. The molecule has 0 bridgehead atoms. The van der Waals surface area contributed by atoms with E-state index in [1.54, 1.807) is 24.3 Å². The molecule has 0 unspecified atom stereocenters. The molecule has 0 fully saturated rings. The molecule has 2 rings (SSSR count). The lowest BCUT2D eigenvalue weighted by molar-refractivity contribution is 0.262. The van der Waals surface area contributed by atoms with Crippen molar-refractivity contribution in [2.24, 2.45) is 5.73 Å². The molecular formula is C17H20BrClN4O2. The van der Waals surface area contributed by atoms with Crippen LogP contribution < -0.4 is 21.7 Å². The lowest BCUT2D eigenvalue weighted by atomic mass is 10.1. The van der Waals surface area contributed by atoms with Crippen molar-refractivity contribution in [3.63, 3.8) is 0 Å². The van der Waals surface area contributed by atoms with Crippen LogP contribution in [0, 0.1) is 0 Å². The van der Waals surface area contributed by atoms with Crippen LogP contribution in [0.1, 0.15) is 5.56 Å². The Labute approximate surface area is 159 Å². The highest BCUT2D eigenvalue weighted by atomic mass is 79.9. The van der Waals surface area contributed by atoms with Gasteiger partial charge in [0, 0.05) is 46.3 Å². The predicted octanol–water partition coefficient (Wildman–Crippen LogP) is 3.65. The molecule has 0 radical (unpaired) electrons. The Morgan fingerprint density at radius 2 is 1.92 bits per heavy atom. The SMILES string of the molecule is NCCNc1cc(Br)cc(NC(=O)Nc2cc(Cl)ccc2CCO)c1. The molecule has 0 aromatic heterocycles. The van der Waals surface area contributed by atoms with Gasteiger partial charge >= 0.3 is 6.03 Å². The van der Waals surface area contributed by atoms with E-state index in [9.17, 15) is 4.79 Å². The number of hydrogen-bond acceptors (Lipinski definition) is 4. The topological polar surface area (TPSA) is 99.4 Å². The minimum absolute atomic E-state index is 0.0142. The van der Waals surface area contributed by atoms with Crippen LogP contribution in [0.4, 0.5) is 21.9 Å². The third kappa shape index (κ3) is 6.21. The smallest absolute Gasteiger partial charge is 0.323 e. The van der Waals surface area contributed by atoms with Gasteiger partial charge in [-0.2, -0.15) is 0 Å². The van der Waals surface area contributed by atoms with Crippen molar-refractivity contribution >= 4 is 50.6 Å². The number of aliphatic hydroxyl groups excluding tert-OH is 1.